The topological polar surface area (TPSA) is 75.5 Å². The Labute approximate surface area is 159 Å². The maximum atomic E-state index is 12.7. The molecule has 0 atom stereocenters. The lowest BCUT2D eigenvalue weighted by Crippen LogP contribution is -2.37. The van der Waals surface area contributed by atoms with Gasteiger partial charge in [-0.15, -0.1) is 11.3 Å². The van der Waals surface area contributed by atoms with Gasteiger partial charge in [-0.25, -0.2) is 8.42 Å². The predicted octanol–water partition coefficient (Wildman–Crippen LogP) is 2.33. The van der Waals surface area contributed by atoms with Crippen LogP contribution in [0.3, 0.4) is 0 Å². The zero-order valence-electron chi connectivity index (χ0n) is 13.4. The van der Waals surface area contributed by atoms with Gasteiger partial charge in [-0.2, -0.15) is 9.40 Å². The van der Waals surface area contributed by atoms with Crippen molar-refractivity contribution in [1.29, 1.82) is 0 Å². The van der Waals surface area contributed by atoms with Crippen LogP contribution in [-0.4, -0.2) is 59.5 Å². The van der Waals surface area contributed by atoms with Gasteiger partial charge in [0.25, 0.3) is 5.91 Å². The maximum Gasteiger partial charge on any atom is 0.256 e. The molecule has 0 unspecified atom stereocenters. The van der Waals surface area contributed by atoms with Gasteiger partial charge in [0, 0.05) is 39.4 Å². The fraction of sp³-hybridized carbons (Fsp3) is 0.429. The van der Waals surface area contributed by atoms with Crippen molar-refractivity contribution in [3.63, 3.8) is 0 Å². The number of aryl methyl sites for hydroxylation is 1. The lowest BCUT2D eigenvalue weighted by Gasteiger charge is -2.21. The lowest BCUT2D eigenvalue weighted by atomic mass is 10.3. The van der Waals surface area contributed by atoms with E-state index in [1.54, 1.807) is 18.0 Å². The van der Waals surface area contributed by atoms with Crippen LogP contribution in [0.2, 0.25) is 8.67 Å². The molecule has 1 amide bonds. The number of hydrogen-bond acceptors (Lipinski definition) is 5. The summed E-state index contributed by atoms with van der Waals surface area (Å²) in [5.41, 5.74) is 0.361. The highest BCUT2D eigenvalue weighted by atomic mass is 35.5. The molecule has 7 nitrogen and oxygen atoms in total. The number of aromatic nitrogens is 2. The fourth-order valence-corrected chi connectivity index (χ4v) is 5.58. The monoisotopic (exact) mass is 422 g/mol. The van der Waals surface area contributed by atoms with Crippen molar-refractivity contribution in [3.8, 4) is 0 Å². The van der Waals surface area contributed by atoms with Gasteiger partial charge < -0.3 is 4.90 Å². The third-order valence-corrected chi connectivity index (χ3v) is 7.29. The molecule has 0 aliphatic carbocycles. The standard InChI is InChI=1S/C14H16Cl2N4O3S2/c1-18-9-10(8-17-18)25(22,23)20-4-2-3-19(5-6-20)14(21)11-7-12(15)24-13(11)16/h7-9H,2-6H2,1H3. The van der Waals surface area contributed by atoms with E-state index in [4.69, 9.17) is 23.2 Å². The maximum absolute atomic E-state index is 12.7. The van der Waals surface area contributed by atoms with Crippen molar-refractivity contribution in [1.82, 2.24) is 19.0 Å². The van der Waals surface area contributed by atoms with Crippen LogP contribution >= 0.6 is 34.5 Å². The second-order valence-corrected chi connectivity index (χ2v) is 9.86. The number of halogens is 2. The number of amides is 1. The van der Waals surface area contributed by atoms with Gasteiger partial charge in [0.2, 0.25) is 10.0 Å². The first-order valence-electron chi connectivity index (χ1n) is 7.52. The summed E-state index contributed by atoms with van der Waals surface area (Å²) in [6.45, 7) is 1.32. The SMILES string of the molecule is Cn1cc(S(=O)(=O)N2CCCN(C(=O)c3cc(Cl)sc3Cl)CC2)cn1. The number of rotatable bonds is 3. The molecular weight excluding hydrogens is 407 g/mol. The van der Waals surface area contributed by atoms with E-state index in [-0.39, 0.29) is 17.3 Å². The van der Waals surface area contributed by atoms with Gasteiger partial charge in [0.1, 0.15) is 9.23 Å². The van der Waals surface area contributed by atoms with Gasteiger partial charge in [-0.3, -0.25) is 9.48 Å². The van der Waals surface area contributed by atoms with Crippen LogP contribution in [-0.2, 0) is 17.1 Å². The summed E-state index contributed by atoms with van der Waals surface area (Å²) in [6.07, 6.45) is 3.34. The fourth-order valence-electron chi connectivity index (χ4n) is 2.67. The lowest BCUT2D eigenvalue weighted by molar-refractivity contribution is 0.0765. The quantitative estimate of drug-likeness (QED) is 0.760. The number of thiophene rings is 1. The molecule has 25 heavy (non-hydrogen) atoms. The number of nitrogens with zero attached hydrogens (tertiary/aromatic N) is 4. The van der Waals surface area contributed by atoms with Crippen LogP contribution in [0.4, 0.5) is 0 Å². The number of hydrogen-bond donors (Lipinski definition) is 0. The molecule has 0 saturated carbocycles. The van der Waals surface area contributed by atoms with E-state index in [2.05, 4.69) is 5.10 Å². The summed E-state index contributed by atoms with van der Waals surface area (Å²) in [6, 6.07) is 1.55. The Bertz CT molecular complexity index is 894. The third kappa shape index (κ3) is 3.85. The van der Waals surface area contributed by atoms with Crippen LogP contribution < -0.4 is 0 Å². The third-order valence-electron chi connectivity index (χ3n) is 3.95. The zero-order valence-corrected chi connectivity index (χ0v) is 16.5. The Morgan fingerprint density at radius 3 is 2.60 bits per heavy atom. The van der Waals surface area contributed by atoms with E-state index in [0.717, 1.165) is 11.3 Å². The molecule has 0 bridgehead atoms. The molecule has 0 spiro atoms. The van der Waals surface area contributed by atoms with Crippen LogP contribution in [0.1, 0.15) is 16.8 Å². The molecule has 0 aromatic carbocycles. The summed E-state index contributed by atoms with van der Waals surface area (Å²) >= 11 is 13.1. The highest BCUT2D eigenvalue weighted by molar-refractivity contribution is 7.89. The molecule has 1 saturated heterocycles. The van der Waals surface area contributed by atoms with Crippen molar-refractivity contribution in [3.05, 3.63) is 32.7 Å². The van der Waals surface area contributed by atoms with Crippen LogP contribution in [0.15, 0.2) is 23.4 Å². The van der Waals surface area contributed by atoms with Gasteiger partial charge in [0.15, 0.2) is 0 Å². The van der Waals surface area contributed by atoms with Crippen molar-refractivity contribution in [2.24, 2.45) is 7.05 Å². The molecule has 0 N–H and O–H groups in total. The first-order chi connectivity index (χ1) is 11.8. The summed E-state index contributed by atoms with van der Waals surface area (Å²) < 4.78 is 29.0. The summed E-state index contributed by atoms with van der Waals surface area (Å²) in [5, 5.41) is 3.92. The Kier molecular flexibility index (Phi) is 5.40. The van der Waals surface area contributed by atoms with Gasteiger partial charge >= 0.3 is 0 Å². The normalized spacial score (nSPS) is 16.8. The Hall–Kier alpha value is -1.13. The number of carbonyl (C=O) groups excluding carboxylic acids is 1. The van der Waals surface area contributed by atoms with E-state index in [1.807, 2.05) is 0 Å². The first-order valence-corrected chi connectivity index (χ1v) is 10.5. The van der Waals surface area contributed by atoms with E-state index in [0.29, 0.717) is 40.3 Å². The van der Waals surface area contributed by atoms with Crippen LogP contribution in [0.5, 0.6) is 0 Å². The first kappa shape index (κ1) is 18.7. The molecule has 3 heterocycles. The summed E-state index contributed by atoms with van der Waals surface area (Å²) in [5.74, 6) is -0.228. The Morgan fingerprint density at radius 2 is 2.00 bits per heavy atom. The minimum absolute atomic E-state index is 0.155. The molecule has 3 rings (SSSR count). The average molecular weight is 423 g/mol. The van der Waals surface area contributed by atoms with E-state index >= 15 is 0 Å². The molecule has 11 heteroatoms. The second-order valence-electron chi connectivity index (χ2n) is 5.64. The van der Waals surface area contributed by atoms with Crippen molar-refractivity contribution in [2.75, 3.05) is 26.2 Å². The molecular formula is C14H16Cl2N4O3S2. The van der Waals surface area contributed by atoms with E-state index < -0.39 is 10.0 Å². The highest BCUT2D eigenvalue weighted by Crippen LogP contribution is 2.32. The minimum Gasteiger partial charge on any atom is -0.337 e. The van der Waals surface area contributed by atoms with Gasteiger partial charge in [-0.1, -0.05) is 23.2 Å². The Morgan fingerprint density at radius 1 is 1.24 bits per heavy atom. The van der Waals surface area contributed by atoms with Crippen molar-refractivity contribution in [2.45, 2.75) is 11.3 Å². The largest absolute Gasteiger partial charge is 0.337 e. The van der Waals surface area contributed by atoms with Crippen molar-refractivity contribution < 1.29 is 13.2 Å². The molecule has 1 aliphatic rings. The molecule has 0 radical (unpaired) electrons. The number of sulfonamides is 1. The smallest absolute Gasteiger partial charge is 0.256 e. The molecule has 1 aliphatic heterocycles. The zero-order chi connectivity index (χ0) is 18.2. The van der Waals surface area contributed by atoms with Gasteiger partial charge in [-0.05, 0) is 12.5 Å². The molecule has 1 fully saturated rings. The minimum atomic E-state index is -3.62. The average Bonchev–Trinajstić information content (AvgIpc) is 3.03. The summed E-state index contributed by atoms with van der Waals surface area (Å²) in [7, 11) is -1.95. The Balaban J connectivity index is 1.74. The van der Waals surface area contributed by atoms with Crippen LogP contribution in [0, 0.1) is 0 Å². The predicted molar refractivity (Wildman–Crippen MR) is 96.8 cm³/mol. The number of carbonyl (C=O) groups is 1. The summed E-state index contributed by atoms with van der Waals surface area (Å²) in [4.78, 5) is 14.4. The molecule has 2 aromatic heterocycles. The van der Waals surface area contributed by atoms with E-state index in [1.165, 1.54) is 21.4 Å². The van der Waals surface area contributed by atoms with Gasteiger partial charge in [0.05, 0.1) is 16.1 Å². The molecule has 2 aromatic rings. The van der Waals surface area contributed by atoms with E-state index in [9.17, 15) is 13.2 Å². The van der Waals surface area contributed by atoms with Crippen LogP contribution in [0.25, 0.3) is 0 Å². The second kappa shape index (κ2) is 7.24. The van der Waals surface area contributed by atoms with Crippen molar-refractivity contribution >= 4 is 50.5 Å². The highest BCUT2D eigenvalue weighted by Gasteiger charge is 2.30. The molecule has 136 valence electrons.